The third kappa shape index (κ3) is 7.59. The lowest BCUT2D eigenvalue weighted by atomic mass is 9.86. The predicted molar refractivity (Wildman–Crippen MR) is 136 cm³/mol. The second-order valence-corrected chi connectivity index (χ2v) is 13.5. The van der Waals surface area contributed by atoms with E-state index in [1.807, 2.05) is 0 Å². The van der Waals surface area contributed by atoms with Crippen molar-refractivity contribution in [3.05, 3.63) is 34.9 Å². The predicted octanol–water partition coefficient (Wildman–Crippen LogP) is 5.65. The van der Waals surface area contributed by atoms with E-state index in [4.69, 9.17) is 11.6 Å². The highest BCUT2D eigenvalue weighted by Gasteiger charge is 2.52. The lowest BCUT2D eigenvalue weighted by Crippen LogP contribution is -2.45. The minimum atomic E-state index is -4.88. The minimum Gasteiger partial charge on any atom is -0.351 e. The maximum Gasteiger partial charge on any atom is 0.416 e. The van der Waals surface area contributed by atoms with E-state index >= 15 is 0 Å². The summed E-state index contributed by atoms with van der Waals surface area (Å²) in [7, 11) is -3.14. The molecule has 6 nitrogen and oxygen atoms in total. The molecular weight excluding hydrogens is 572 g/mol. The molecular formula is C25H32ClF6N3O3S. The Balaban J connectivity index is 1.80. The summed E-state index contributed by atoms with van der Waals surface area (Å²) in [6, 6.07) is 1.82. The van der Waals surface area contributed by atoms with Crippen LogP contribution < -0.4 is 5.32 Å². The number of halogens is 7. The molecule has 0 radical (unpaired) electrons. The van der Waals surface area contributed by atoms with Crippen LogP contribution in [0.15, 0.2) is 23.3 Å². The van der Waals surface area contributed by atoms with Gasteiger partial charge in [0.05, 0.1) is 16.9 Å². The lowest BCUT2D eigenvalue weighted by molar-refractivity contribution is -0.138. The van der Waals surface area contributed by atoms with E-state index in [9.17, 15) is 39.6 Å². The Morgan fingerprint density at radius 1 is 1.15 bits per heavy atom. The van der Waals surface area contributed by atoms with Gasteiger partial charge in [-0.25, -0.2) is 8.42 Å². The van der Waals surface area contributed by atoms with Crippen LogP contribution in [0, 0.1) is 5.92 Å². The number of hydrazone groups is 1. The number of benzene rings is 1. The molecule has 1 amide bonds. The Morgan fingerprint density at radius 3 is 2.28 bits per heavy atom. The summed E-state index contributed by atoms with van der Waals surface area (Å²) in [5.74, 6) is -0.608. The van der Waals surface area contributed by atoms with Crippen molar-refractivity contribution in [2.24, 2.45) is 11.0 Å². The zero-order valence-corrected chi connectivity index (χ0v) is 23.4. The van der Waals surface area contributed by atoms with E-state index in [0.717, 1.165) is 6.07 Å². The van der Waals surface area contributed by atoms with Crippen LogP contribution in [-0.4, -0.2) is 60.7 Å². The highest BCUT2D eigenvalue weighted by Crippen LogP contribution is 2.47. The molecule has 1 heterocycles. The lowest BCUT2D eigenvalue weighted by Gasteiger charge is -2.33. The number of sulfone groups is 1. The van der Waals surface area contributed by atoms with Gasteiger partial charge in [-0.15, -0.1) is 11.6 Å². The molecule has 0 bridgehead atoms. The number of rotatable bonds is 8. The molecule has 1 N–H and O–H groups in total. The molecule has 2 aliphatic rings. The van der Waals surface area contributed by atoms with Crippen LogP contribution in [0.3, 0.4) is 0 Å². The fraction of sp³-hybridized carbons (Fsp3) is 0.680. The number of alkyl halides is 7. The molecule has 1 fully saturated rings. The molecule has 1 aliphatic carbocycles. The van der Waals surface area contributed by atoms with Crippen LogP contribution in [0.5, 0.6) is 0 Å². The molecule has 39 heavy (non-hydrogen) atoms. The summed E-state index contributed by atoms with van der Waals surface area (Å²) in [5, 5.41) is 7.87. The molecule has 1 aromatic rings. The van der Waals surface area contributed by atoms with Crippen molar-refractivity contribution < 1.29 is 39.6 Å². The standard InChI is InChI=1S/C25H32ClF6N3O3S/c1-4-35-21(18-10-7-15(11-12-24(27,28)29)13-19(18)25(30,31)32)23(2,26)20(34-35)22(36)33-14-16-5-8-17(9-6-16)39(3,37)38/h7,10,13,16-17,21H,4-6,8-9,11-12,14H2,1-3H3,(H,33,36). The second kappa shape index (κ2) is 11.5. The van der Waals surface area contributed by atoms with Gasteiger partial charge in [0.1, 0.15) is 20.4 Å². The highest BCUT2D eigenvalue weighted by molar-refractivity contribution is 7.91. The van der Waals surface area contributed by atoms with E-state index in [1.165, 1.54) is 24.3 Å². The van der Waals surface area contributed by atoms with Gasteiger partial charge in [0, 0.05) is 25.8 Å². The molecule has 220 valence electrons. The summed E-state index contributed by atoms with van der Waals surface area (Å²) in [6.45, 7) is 3.38. The van der Waals surface area contributed by atoms with E-state index in [1.54, 1.807) is 6.92 Å². The quantitative estimate of drug-likeness (QED) is 0.308. The van der Waals surface area contributed by atoms with Gasteiger partial charge in [-0.3, -0.25) is 9.80 Å². The van der Waals surface area contributed by atoms with E-state index in [-0.39, 0.29) is 35.8 Å². The van der Waals surface area contributed by atoms with Gasteiger partial charge in [0.15, 0.2) is 0 Å². The molecule has 1 aromatic carbocycles. The Kier molecular flexibility index (Phi) is 9.26. The number of hydrogen-bond donors (Lipinski definition) is 1. The van der Waals surface area contributed by atoms with Gasteiger partial charge in [-0.05, 0) is 69.1 Å². The Hall–Kier alpha value is -2.02. The van der Waals surface area contributed by atoms with Crippen molar-refractivity contribution in [1.29, 1.82) is 0 Å². The van der Waals surface area contributed by atoms with Gasteiger partial charge in [-0.2, -0.15) is 31.4 Å². The van der Waals surface area contributed by atoms with Crippen LogP contribution >= 0.6 is 11.6 Å². The number of amides is 1. The normalized spacial score (nSPS) is 26.5. The number of carbonyl (C=O) groups is 1. The fourth-order valence-corrected chi connectivity index (χ4v) is 6.76. The van der Waals surface area contributed by atoms with Crippen molar-refractivity contribution in [3.63, 3.8) is 0 Å². The fourth-order valence-electron chi connectivity index (χ4n) is 5.28. The van der Waals surface area contributed by atoms with E-state index in [2.05, 4.69) is 10.4 Å². The molecule has 0 spiro atoms. The van der Waals surface area contributed by atoms with Gasteiger partial charge >= 0.3 is 12.4 Å². The van der Waals surface area contributed by atoms with Crippen molar-refractivity contribution in [2.75, 3.05) is 19.3 Å². The third-order valence-corrected chi connectivity index (χ3v) is 9.48. The van der Waals surface area contributed by atoms with Crippen molar-refractivity contribution in [3.8, 4) is 0 Å². The van der Waals surface area contributed by atoms with Crippen molar-refractivity contribution >= 4 is 33.1 Å². The van der Waals surface area contributed by atoms with E-state index in [0.29, 0.717) is 31.7 Å². The number of aryl methyl sites for hydroxylation is 1. The first-order valence-corrected chi connectivity index (χ1v) is 15.0. The average Bonchev–Trinajstić information content (AvgIpc) is 3.09. The maximum atomic E-state index is 14.1. The van der Waals surface area contributed by atoms with Gasteiger partial charge < -0.3 is 5.32 Å². The SMILES string of the molecule is CCN1N=C(C(=O)NCC2CCC(S(C)(=O)=O)CC2)C(C)(Cl)C1c1ccc(CCC(F)(F)F)cc1C(F)(F)F. The largest absolute Gasteiger partial charge is 0.416 e. The Morgan fingerprint density at radius 2 is 1.77 bits per heavy atom. The number of nitrogens with zero attached hydrogens (tertiary/aromatic N) is 2. The maximum absolute atomic E-state index is 14.1. The van der Waals surface area contributed by atoms with Crippen LogP contribution in [-0.2, 0) is 27.2 Å². The molecule has 14 heteroatoms. The average molecular weight is 604 g/mol. The third-order valence-electron chi connectivity index (χ3n) is 7.41. The smallest absolute Gasteiger partial charge is 0.351 e. The molecule has 0 saturated heterocycles. The molecule has 2 unspecified atom stereocenters. The van der Waals surface area contributed by atoms with Crippen LogP contribution in [0.4, 0.5) is 26.3 Å². The summed E-state index contributed by atoms with van der Waals surface area (Å²) < 4.78 is 104. The Labute approximate surface area is 229 Å². The zero-order valence-electron chi connectivity index (χ0n) is 21.8. The van der Waals surface area contributed by atoms with Crippen molar-refractivity contribution in [1.82, 2.24) is 10.3 Å². The van der Waals surface area contributed by atoms with Gasteiger partial charge in [-0.1, -0.05) is 12.1 Å². The van der Waals surface area contributed by atoms with Crippen LogP contribution in [0.1, 0.15) is 68.7 Å². The monoisotopic (exact) mass is 603 g/mol. The van der Waals surface area contributed by atoms with E-state index < -0.39 is 62.7 Å². The molecule has 0 aromatic heterocycles. The number of hydrogen-bond acceptors (Lipinski definition) is 5. The first-order chi connectivity index (χ1) is 17.8. The zero-order chi connectivity index (χ0) is 29.4. The van der Waals surface area contributed by atoms with Crippen molar-refractivity contribution in [2.45, 2.75) is 80.9 Å². The Bertz CT molecular complexity index is 1190. The van der Waals surface area contributed by atoms with Crippen LogP contribution in [0.2, 0.25) is 0 Å². The molecule has 2 atom stereocenters. The summed E-state index contributed by atoms with van der Waals surface area (Å²) in [4.78, 5) is 11.4. The molecule has 3 rings (SSSR count). The molecule has 1 saturated carbocycles. The minimum absolute atomic E-state index is 0.0367. The number of carbonyl (C=O) groups excluding carboxylic acids is 1. The van der Waals surface area contributed by atoms with Gasteiger partial charge in [0.25, 0.3) is 5.91 Å². The number of nitrogens with one attached hydrogen (secondary N) is 1. The van der Waals surface area contributed by atoms with Crippen LogP contribution in [0.25, 0.3) is 0 Å². The first kappa shape index (κ1) is 31.5. The summed E-state index contributed by atoms with van der Waals surface area (Å²) in [5.41, 5.74) is -1.71. The summed E-state index contributed by atoms with van der Waals surface area (Å²) >= 11 is 6.76. The van der Waals surface area contributed by atoms with Gasteiger partial charge in [0.2, 0.25) is 0 Å². The first-order valence-electron chi connectivity index (χ1n) is 12.6. The topological polar surface area (TPSA) is 78.8 Å². The summed E-state index contributed by atoms with van der Waals surface area (Å²) in [6.07, 6.45) is -7.89. The second-order valence-electron chi connectivity index (χ2n) is 10.4. The molecule has 1 aliphatic heterocycles. The highest BCUT2D eigenvalue weighted by atomic mass is 35.5.